The summed E-state index contributed by atoms with van der Waals surface area (Å²) in [6, 6.07) is 8.47. The molecule has 0 bridgehead atoms. The summed E-state index contributed by atoms with van der Waals surface area (Å²) in [4.78, 5) is 13.2. The summed E-state index contributed by atoms with van der Waals surface area (Å²) in [5.41, 5.74) is 1.10. The van der Waals surface area contributed by atoms with Crippen LogP contribution in [0.5, 0.6) is 5.75 Å². The summed E-state index contributed by atoms with van der Waals surface area (Å²) in [6.45, 7) is 1.88. The number of phenols is 1. The van der Waals surface area contributed by atoms with E-state index in [0.29, 0.717) is 0 Å². The second kappa shape index (κ2) is 5.04. The number of anilines is 1. The number of aromatic hydroxyl groups is 1. The van der Waals surface area contributed by atoms with E-state index in [0.717, 1.165) is 42.4 Å². The minimum absolute atomic E-state index is 0.266. The first-order valence-corrected chi connectivity index (χ1v) is 6.91. The normalized spacial score (nSPS) is 15.5. The van der Waals surface area contributed by atoms with E-state index in [4.69, 9.17) is 5.11 Å². The van der Waals surface area contributed by atoms with E-state index in [1.807, 2.05) is 0 Å². The molecule has 0 atom stereocenters. The van der Waals surface area contributed by atoms with Crippen LogP contribution in [0.3, 0.4) is 0 Å². The van der Waals surface area contributed by atoms with E-state index >= 15 is 0 Å². The molecular weight excluding hydrogens is 254 g/mol. The van der Waals surface area contributed by atoms with Crippen molar-refractivity contribution in [3.63, 3.8) is 0 Å². The third kappa shape index (κ3) is 2.18. The number of rotatable bonds is 2. The molecule has 0 aromatic heterocycles. The highest BCUT2D eigenvalue weighted by Gasteiger charge is 2.17. The van der Waals surface area contributed by atoms with Gasteiger partial charge in [-0.05, 0) is 42.8 Å². The van der Waals surface area contributed by atoms with Crippen LogP contribution in [0.2, 0.25) is 0 Å². The SMILES string of the molecule is O=C(O)c1ccc2c(N3CCCCC3)c(O)ccc2c1. The third-order valence-corrected chi connectivity index (χ3v) is 3.89. The molecule has 0 spiro atoms. The molecule has 1 aliphatic rings. The smallest absolute Gasteiger partial charge is 0.335 e. The topological polar surface area (TPSA) is 60.8 Å². The summed E-state index contributed by atoms with van der Waals surface area (Å²) in [5, 5.41) is 21.0. The number of hydrogen-bond donors (Lipinski definition) is 2. The zero-order valence-corrected chi connectivity index (χ0v) is 11.2. The lowest BCUT2D eigenvalue weighted by Crippen LogP contribution is -2.29. The number of aromatic carboxylic acids is 1. The number of phenolic OH excluding ortho intramolecular Hbond substituents is 1. The van der Waals surface area contributed by atoms with Crippen molar-refractivity contribution in [2.75, 3.05) is 18.0 Å². The molecule has 104 valence electrons. The van der Waals surface area contributed by atoms with Gasteiger partial charge in [-0.15, -0.1) is 0 Å². The molecule has 0 aliphatic carbocycles. The number of carboxylic acids is 1. The molecule has 2 aromatic rings. The summed E-state index contributed by atoms with van der Waals surface area (Å²) >= 11 is 0. The predicted molar refractivity (Wildman–Crippen MR) is 78.6 cm³/mol. The first-order valence-electron chi connectivity index (χ1n) is 6.91. The van der Waals surface area contributed by atoms with Crippen molar-refractivity contribution in [1.29, 1.82) is 0 Å². The van der Waals surface area contributed by atoms with Crippen LogP contribution in [-0.4, -0.2) is 29.3 Å². The maximum absolute atomic E-state index is 11.0. The molecule has 2 aromatic carbocycles. The Bertz CT molecular complexity index is 660. The fourth-order valence-electron chi connectivity index (χ4n) is 2.88. The number of carboxylic acid groups (broad SMARTS) is 1. The molecule has 0 radical (unpaired) electrons. The van der Waals surface area contributed by atoms with Gasteiger partial charge in [0.1, 0.15) is 5.75 Å². The molecule has 4 nitrogen and oxygen atoms in total. The minimum atomic E-state index is -0.931. The van der Waals surface area contributed by atoms with Gasteiger partial charge in [0.25, 0.3) is 0 Å². The Morgan fingerprint density at radius 2 is 1.80 bits per heavy atom. The van der Waals surface area contributed by atoms with Crippen LogP contribution >= 0.6 is 0 Å². The number of piperidine rings is 1. The van der Waals surface area contributed by atoms with Crippen molar-refractivity contribution in [3.05, 3.63) is 35.9 Å². The predicted octanol–water partition coefficient (Wildman–Crippen LogP) is 3.23. The summed E-state index contributed by atoms with van der Waals surface area (Å²) in [7, 11) is 0. The first-order chi connectivity index (χ1) is 9.66. The Kier molecular flexibility index (Phi) is 3.22. The molecule has 1 saturated heterocycles. The van der Waals surface area contributed by atoms with E-state index in [-0.39, 0.29) is 11.3 Å². The number of fused-ring (bicyclic) bond motifs is 1. The standard InChI is InChI=1S/C16H17NO3/c18-14-7-5-11-10-12(16(19)20)4-6-13(11)15(14)17-8-2-1-3-9-17/h4-7,10,18H,1-3,8-9H2,(H,19,20). The highest BCUT2D eigenvalue weighted by molar-refractivity contribution is 6.01. The maximum Gasteiger partial charge on any atom is 0.335 e. The van der Waals surface area contributed by atoms with Gasteiger partial charge in [0.05, 0.1) is 11.3 Å². The summed E-state index contributed by atoms with van der Waals surface area (Å²) in [5.74, 6) is -0.665. The Morgan fingerprint density at radius 3 is 2.50 bits per heavy atom. The lowest BCUT2D eigenvalue weighted by atomic mass is 10.0. The summed E-state index contributed by atoms with van der Waals surface area (Å²) in [6.07, 6.45) is 3.48. The Labute approximate surface area is 117 Å². The fraction of sp³-hybridized carbons (Fsp3) is 0.312. The highest BCUT2D eigenvalue weighted by Crippen LogP contribution is 2.37. The van der Waals surface area contributed by atoms with E-state index in [1.165, 1.54) is 6.42 Å². The van der Waals surface area contributed by atoms with E-state index in [1.54, 1.807) is 30.3 Å². The van der Waals surface area contributed by atoms with Crippen LogP contribution in [0, 0.1) is 0 Å². The molecular formula is C16H17NO3. The van der Waals surface area contributed by atoms with Crippen molar-refractivity contribution < 1.29 is 15.0 Å². The van der Waals surface area contributed by atoms with E-state index in [9.17, 15) is 9.90 Å². The molecule has 3 rings (SSSR count). The van der Waals surface area contributed by atoms with Crippen LogP contribution in [-0.2, 0) is 0 Å². The number of carbonyl (C=O) groups is 1. The van der Waals surface area contributed by atoms with Gasteiger partial charge < -0.3 is 15.1 Å². The largest absolute Gasteiger partial charge is 0.506 e. The lowest BCUT2D eigenvalue weighted by Gasteiger charge is -2.30. The Balaban J connectivity index is 2.14. The fourth-order valence-corrected chi connectivity index (χ4v) is 2.88. The molecule has 1 fully saturated rings. The van der Waals surface area contributed by atoms with Crippen LogP contribution in [0.1, 0.15) is 29.6 Å². The lowest BCUT2D eigenvalue weighted by molar-refractivity contribution is 0.0697. The molecule has 0 saturated carbocycles. The van der Waals surface area contributed by atoms with Crippen LogP contribution in [0.25, 0.3) is 10.8 Å². The number of benzene rings is 2. The zero-order chi connectivity index (χ0) is 14.1. The van der Waals surface area contributed by atoms with Crippen molar-refractivity contribution >= 4 is 22.4 Å². The second-order valence-corrected chi connectivity index (χ2v) is 5.22. The average molecular weight is 271 g/mol. The molecule has 4 heteroatoms. The number of nitrogens with zero attached hydrogens (tertiary/aromatic N) is 1. The molecule has 2 N–H and O–H groups in total. The number of hydrogen-bond acceptors (Lipinski definition) is 3. The van der Waals surface area contributed by atoms with Gasteiger partial charge in [-0.25, -0.2) is 4.79 Å². The van der Waals surface area contributed by atoms with Crippen LogP contribution in [0.15, 0.2) is 30.3 Å². The van der Waals surface area contributed by atoms with Crippen molar-refractivity contribution in [2.45, 2.75) is 19.3 Å². The first kappa shape index (κ1) is 12.8. The Morgan fingerprint density at radius 1 is 1.05 bits per heavy atom. The van der Waals surface area contributed by atoms with Gasteiger partial charge in [-0.3, -0.25) is 0 Å². The maximum atomic E-state index is 11.0. The molecule has 1 aliphatic heterocycles. The summed E-state index contributed by atoms with van der Waals surface area (Å²) < 4.78 is 0. The molecule has 1 heterocycles. The van der Waals surface area contributed by atoms with Crippen molar-refractivity contribution in [2.24, 2.45) is 0 Å². The van der Waals surface area contributed by atoms with Gasteiger partial charge in [-0.2, -0.15) is 0 Å². The van der Waals surface area contributed by atoms with E-state index in [2.05, 4.69) is 4.90 Å². The van der Waals surface area contributed by atoms with E-state index < -0.39 is 5.97 Å². The Hall–Kier alpha value is -2.23. The average Bonchev–Trinajstić information content (AvgIpc) is 2.47. The van der Waals surface area contributed by atoms with Gasteiger partial charge in [-0.1, -0.05) is 12.1 Å². The van der Waals surface area contributed by atoms with Crippen molar-refractivity contribution in [1.82, 2.24) is 0 Å². The molecule has 0 amide bonds. The quantitative estimate of drug-likeness (QED) is 0.880. The van der Waals surface area contributed by atoms with Crippen LogP contribution in [0.4, 0.5) is 5.69 Å². The van der Waals surface area contributed by atoms with Gasteiger partial charge in [0.15, 0.2) is 0 Å². The third-order valence-electron chi connectivity index (χ3n) is 3.89. The van der Waals surface area contributed by atoms with Gasteiger partial charge in [0, 0.05) is 18.5 Å². The second-order valence-electron chi connectivity index (χ2n) is 5.22. The van der Waals surface area contributed by atoms with Gasteiger partial charge in [0.2, 0.25) is 0 Å². The van der Waals surface area contributed by atoms with Gasteiger partial charge >= 0.3 is 5.97 Å². The molecule has 20 heavy (non-hydrogen) atoms. The molecule has 0 unspecified atom stereocenters. The van der Waals surface area contributed by atoms with Crippen LogP contribution < -0.4 is 4.90 Å². The monoisotopic (exact) mass is 271 g/mol. The zero-order valence-electron chi connectivity index (χ0n) is 11.2. The minimum Gasteiger partial charge on any atom is -0.506 e. The van der Waals surface area contributed by atoms with Crippen molar-refractivity contribution in [3.8, 4) is 5.75 Å². The highest BCUT2D eigenvalue weighted by atomic mass is 16.4.